The van der Waals surface area contributed by atoms with Crippen molar-refractivity contribution < 1.29 is 4.74 Å². The third-order valence-corrected chi connectivity index (χ3v) is 2.73. The molecule has 1 aliphatic heterocycles. The van der Waals surface area contributed by atoms with E-state index in [0.717, 1.165) is 24.9 Å². The molecule has 1 aromatic rings. The molecule has 1 aliphatic rings. The van der Waals surface area contributed by atoms with E-state index in [4.69, 9.17) is 4.74 Å². The summed E-state index contributed by atoms with van der Waals surface area (Å²) in [6.45, 7) is 6.14. The van der Waals surface area contributed by atoms with Gasteiger partial charge in [-0.2, -0.15) is 0 Å². The van der Waals surface area contributed by atoms with Crippen molar-refractivity contribution in [2.45, 2.75) is 25.9 Å². The van der Waals surface area contributed by atoms with E-state index < -0.39 is 0 Å². The lowest BCUT2D eigenvalue weighted by Gasteiger charge is -2.05. The fraction of sp³-hybridized carbons (Fsp3) is 0.455. The largest absolute Gasteiger partial charge is 0.494 e. The molecule has 13 heavy (non-hydrogen) atoms. The van der Waals surface area contributed by atoms with Crippen LogP contribution in [0.15, 0.2) is 24.3 Å². The fourth-order valence-electron chi connectivity index (χ4n) is 1.54. The summed E-state index contributed by atoms with van der Waals surface area (Å²) in [5.41, 5.74) is 1.27. The lowest BCUT2D eigenvalue weighted by Crippen LogP contribution is -1.98. The average Bonchev–Trinajstić information content (AvgIpc) is 2.79. The number of hydrogen-bond acceptors (Lipinski definition) is 1. The van der Waals surface area contributed by atoms with Gasteiger partial charge in [0.15, 0.2) is 0 Å². The Morgan fingerprint density at radius 3 is 2.92 bits per heavy atom. The van der Waals surface area contributed by atoms with E-state index in [1.165, 1.54) is 11.9 Å². The first kappa shape index (κ1) is 8.67. The van der Waals surface area contributed by atoms with Crippen molar-refractivity contribution in [2.75, 3.05) is 6.61 Å². The fourth-order valence-corrected chi connectivity index (χ4v) is 1.54. The molecule has 1 unspecified atom stereocenters. The lowest BCUT2D eigenvalue weighted by atomic mass is 9.71. The number of ether oxygens (including phenoxy) is 1. The van der Waals surface area contributed by atoms with Gasteiger partial charge >= 0.3 is 0 Å². The molecule has 1 fully saturated rings. The smallest absolute Gasteiger partial charge is 0.143 e. The van der Waals surface area contributed by atoms with Crippen molar-refractivity contribution in [1.29, 1.82) is 0 Å². The Hall–Kier alpha value is -0.915. The highest BCUT2D eigenvalue weighted by atomic mass is 16.5. The third-order valence-electron chi connectivity index (χ3n) is 2.73. The van der Waals surface area contributed by atoms with Crippen molar-refractivity contribution in [2.24, 2.45) is 0 Å². The van der Waals surface area contributed by atoms with Gasteiger partial charge in [-0.05, 0) is 30.4 Å². The monoisotopic (exact) mass is 174 g/mol. The van der Waals surface area contributed by atoms with Gasteiger partial charge in [0.25, 0.3) is 0 Å². The van der Waals surface area contributed by atoms with Crippen LogP contribution in [0.3, 0.4) is 0 Å². The van der Waals surface area contributed by atoms with Gasteiger partial charge in [0.05, 0.1) is 6.61 Å². The molecule has 2 rings (SSSR count). The first-order valence-electron chi connectivity index (χ1n) is 4.95. The van der Waals surface area contributed by atoms with Crippen LogP contribution in [0.25, 0.3) is 0 Å². The molecule has 0 spiro atoms. The minimum atomic E-state index is 0.806. The van der Waals surface area contributed by atoms with Crippen LogP contribution in [0.4, 0.5) is 0 Å². The molecule has 0 aliphatic carbocycles. The highest BCUT2D eigenvalue weighted by Gasteiger charge is 2.36. The normalized spacial score (nSPS) is 20.2. The van der Waals surface area contributed by atoms with Crippen LogP contribution in [0.1, 0.15) is 5.56 Å². The quantitative estimate of drug-likeness (QED) is 0.640. The van der Waals surface area contributed by atoms with Crippen LogP contribution < -0.4 is 4.74 Å². The summed E-state index contributed by atoms with van der Waals surface area (Å²) in [6, 6.07) is 8.25. The molecule has 0 N–H and O–H groups in total. The molecule has 68 valence electrons. The summed E-state index contributed by atoms with van der Waals surface area (Å²) in [4.78, 5) is 0. The minimum absolute atomic E-state index is 0.806. The topological polar surface area (TPSA) is 9.23 Å². The lowest BCUT2D eigenvalue weighted by molar-refractivity contribution is 0.326. The highest BCUT2D eigenvalue weighted by molar-refractivity contribution is 6.70. The average molecular weight is 174 g/mol. The van der Waals surface area contributed by atoms with Crippen LogP contribution >= 0.6 is 0 Å². The third kappa shape index (κ3) is 2.27. The molecule has 1 aromatic carbocycles. The first-order chi connectivity index (χ1) is 6.25. The zero-order valence-electron chi connectivity index (χ0n) is 8.29. The van der Waals surface area contributed by atoms with Crippen molar-refractivity contribution in [3.8, 4) is 5.75 Å². The molecule has 0 aromatic heterocycles. The summed E-state index contributed by atoms with van der Waals surface area (Å²) in [6.07, 6.45) is 1.34. The number of aryl methyl sites for hydroxylation is 1. The van der Waals surface area contributed by atoms with Gasteiger partial charge in [-0.1, -0.05) is 25.3 Å². The van der Waals surface area contributed by atoms with Crippen LogP contribution in [-0.4, -0.2) is 13.3 Å². The zero-order valence-corrected chi connectivity index (χ0v) is 8.29. The Morgan fingerprint density at radius 1 is 1.54 bits per heavy atom. The van der Waals surface area contributed by atoms with Gasteiger partial charge in [-0.25, -0.2) is 0 Å². The van der Waals surface area contributed by atoms with Gasteiger partial charge in [0.2, 0.25) is 0 Å². The van der Waals surface area contributed by atoms with E-state index in [2.05, 4.69) is 25.9 Å². The molecule has 1 nitrogen and oxygen atoms in total. The molecule has 0 radical (unpaired) electrons. The standard InChI is InChI=1S/C11H15BO/c1-9-4-3-5-11(6-9)13-8-10-7-12(10)2/h3-6,10H,7-8H2,1-2H3. The van der Waals surface area contributed by atoms with Gasteiger partial charge in [-0.3, -0.25) is 0 Å². The second-order valence-corrected chi connectivity index (χ2v) is 4.10. The first-order valence-corrected chi connectivity index (χ1v) is 4.95. The van der Waals surface area contributed by atoms with Crippen molar-refractivity contribution >= 4 is 6.71 Å². The number of benzene rings is 1. The molecule has 1 saturated heterocycles. The summed E-state index contributed by atoms with van der Waals surface area (Å²) in [5.74, 6) is 1.82. The van der Waals surface area contributed by atoms with Gasteiger partial charge in [0.1, 0.15) is 12.5 Å². The van der Waals surface area contributed by atoms with Crippen LogP contribution in [0.2, 0.25) is 19.0 Å². The highest BCUT2D eigenvalue weighted by Crippen LogP contribution is 2.37. The maximum atomic E-state index is 5.68. The number of rotatable bonds is 3. The van der Waals surface area contributed by atoms with Gasteiger partial charge in [-0.15, -0.1) is 0 Å². The second kappa shape index (κ2) is 3.45. The Kier molecular flexibility index (Phi) is 2.30. The van der Waals surface area contributed by atoms with E-state index in [9.17, 15) is 0 Å². The zero-order chi connectivity index (χ0) is 9.26. The molecule has 2 heteroatoms. The van der Waals surface area contributed by atoms with Gasteiger partial charge < -0.3 is 4.74 Å². The van der Waals surface area contributed by atoms with Crippen molar-refractivity contribution in [1.82, 2.24) is 0 Å². The van der Waals surface area contributed by atoms with E-state index in [0.29, 0.717) is 0 Å². The van der Waals surface area contributed by atoms with Crippen LogP contribution in [-0.2, 0) is 0 Å². The summed E-state index contributed by atoms with van der Waals surface area (Å²) >= 11 is 0. The molecule has 1 atom stereocenters. The van der Waals surface area contributed by atoms with Crippen LogP contribution in [0.5, 0.6) is 5.75 Å². The molecular weight excluding hydrogens is 159 g/mol. The minimum Gasteiger partial charge on any atom is -0.494 e. The predicted molar refractivity (Wildman–Crippen MR) is 56.8 cm³/mol. The summed E-state index contributed by atoms with van der Waals surface area (Å²) < 4.78 is 5.68. The predicted octanol–water partition coefficient (Wildman–Crippen LogP) is 2.88. The van der Waals surface area contributed by atoms with Crippen LogP contribution in [0, 0.1) is 6.92 Å². The molecule has 0 saturated carbocycles. The Labute approximate surface area is 80.2 Å². The van der Waals surface area contributed by atoms with E-state index in [-0.39, 0.29) is 0 Å². The maximum Gasteiger partial charge on any atom is 0.143 e. The molecule has 0 bridgehead atoms. The molecule has 1 heterocycles. The second-order valence-electron chi connectivity index (χ2n) is 4.10. The van der Waals surface area contributed by atoms with E-state index >= 15 is 0 Å². The Bertz CT molecular complexity index is 298. The van der Waals surface area contributed by atoms with Crippen molar-refractivity contribution in [3.63, 3.8) is 0 Å². The summed E-state index contributed by atoms with van der Waals surface area (Å²) in [5, 5.41) is 0. The van der Waals surface area contributed by atoms with E-state index in [1.54, 1.807) is 0 Å². The van der Waals surface area contributed by atoms with E-state index in [1.807, 2.05) is 12.1 Å². The Balaban J connectivity index is 1.87. The van der Waals surface area contributed by atoms with Crippen molar-refractivity contribution in [3.05, 3.63) is 29.8 Å². The molecular formula is C11H15BO. The number of hydrogen-bond donors (Lipinski definition) is 0. The Morgan fingerprint density at radius 2 is 2.31 bits per heavy atom. The maximum absolute atomic E-state index is 5.68. The SMILES string of the molecule is CB1CC1COc1cccc(C)c1. The summed E-state index contributed by atoms with van der Waals surface area (Å²) in [7, 11) is 0. The molecule has 0 amide bonds. The van der Waals surface area contributed by atoms with Gasteiger partial charge in [0, 0.05) is 0 Å².